The van der Waals surface area contributed by atoms with Crippen LogP contribution in [0.15, 0.2) is 66.9 Å². The van der Waals surface area contributed by atoms with Gasteiger partial charge in [0.05, 0.1) is 18.3 Å². The Kier molecular flexibility index (Phi) is 9.17. The Morgan fingerprint density at radius 1 is 1.13 bits per heavy atom. The van der Waals surface area contributed by atoms with Crippen LogP contribution in [0.2, 0.25) is 0 Å². The molecule has 0 saturated carbocycles. The van der Waals surface area contributed by atoms with Gasteiger partial charge in [-0.1, -0.05) is 81.4 Å². The molecule has 2 amide bonds. The first-order chi connectivity index (χ1) is 18.3. The van der Waals surface area contributed by atoms with E-state index in [-0.39, 0.29) is 25.2 Å². The van der Waals surface area contributed by atoms with Crippen LogP contribution in [-0.2, 0) is 11.3 Å². The standard InChI is InChI=1S/C30H40FN5O2/c1-30(2,3)27(36(20-24(31)18-32)29(37)33-25-14-16-38-17-15-25)28-34-26(23-12-8-5-9-13-23)21-35(28)19-22-10-6-4-7-11-22/h4-13,21,24-25,27H,14-20,32H2,1-3H3,(H,33,37)/t24-,27-/m0/s1. The van der Waals surface area contributed by atoms with Crippen LogP contribution in [0.5, 0.6) is 0 Å². The van der Waals surface area contributed by atoms with Crippen molar-refractivity contribution >= 4 is 6.03 Å². The van der Waals surface area contributed by atoms with E-state index in [1.165, 1.54) is 0 Å². The zero-order valence-corrected chi connectivity index (χ0v) is 22.6. The molecule has 1 aromatic heterocycles. The van der Waals surface area contributed by atoms with Gasteiger partial charge in [0.25, 0.3) is 0 Å². The summed E-state index contributed by atoms with van der Waals surface area (Å²) in [6, 6.07) is 19.3. The topological polar surface area (TPSA) is 85.4 Å². The van der Waals surface area contributed by atoms with Gasteiger partial charge in [-0.3, -0.25) is 0 Å². The minimum atomic E-state index is -1.36. The lowest BCUT2D eigenvalue weighted by molar-refractivity contribution is 0.0659. The first-order valence-corrected chi connectivity index (χ1v) is 13.4. The predicted octanol–water partition coefficient (Wildman–Crippen LogP) is 5.17. The van der Waals surface area contributed by atoms with Crippen molar-refractivity contribution in [1.29, 1.82) is 0 Å². The number of carbonyl (C=O) groups is 1. The van der Waals surface area contributed by atoms with E-state index in [1.807, 2.05) is 54.7 Å². The molecule has 4 rings (SSSR count). The second-order valence-electron chi connectivity index (χ2n) is 11.1. The third-order valence-electron chi connectivity index (χ3n) is 6.91. The van der Waals surface area contributed by atoms with Gasteiger partial charge in [0.1, 0.15) is 12.0 Å². The van der Waals surface area contributed by atoms with E-state index in [9.17, 15) is 9.18 Å². The minimum absolute atomic E-state index is 0.0146. The van der Waals surface area contributed by atoms with E-state index in [4.69, 9.17) is 15.5 Å². The molecule has 2 heterocycles. The van der Waals surface area contributed by atoms with Crippen LogP contribution in [0.4, 0.5) is 9.18 Å². The third kappa shape index (κ3) is 6.99. The molecule has 8 heteroatoms. The molecule has 38 heavy (non-hydrogen) atoms. The number of rotatable bonds is 9. The molecule has 0 bridgehead atoms. The highest BCUT2D eigenvalue weighted by Gasteiger charge is 2.40. The van der Waals surface area contributed by atoms with E-state index >= 15 is 0 Å². The molecule has 1 aliphatic rings. The molecule has 1 aliphatic heterocycles. The van der Waals surface area contributed by atoms with Gasteiger partial charge in [-0.2, -0.15) is 0 Å². The largest absolute Gasteiger partial charge is 0.381 e. The van der Waals surface area contributed by atoms with Crippen molar-refractivity contribution in [2.24, 2.45) is 11.1 Å². The fraction of sp³-hybridized carbons (Fsp3) is 0.467. The summed E-state index contributed by atoms with van der Waals surface area (Å²) in [7, 11) is 0. The van der Waals surface area contributed by atoms with Crippen molar-refractivity contribution in [3.8, 4) is 11.3 Å². The molecule has 3 aromatic rings. The highest BCUT2D eigenvalue weighted by molar-refractivity contribution is 5.75. The molecule has 0 spiro atoms. The van der Waals surface area contributed by atoms with Gasteiger partial charge in [-0.25, -0.2) is 14.2 Å². The minimum Gasteiger partial charge on any atom is -0.381 e. The Balaban J connectivity index is 1.78. The number of alkyl halides is 1. The van der Waals surface area contributed by atoms with E-state index < -0.39 is 17.6 Å². The van der Waals surface area contributed by atoms with Crippen LogP contribution in [0.1, 0.15) is 51.0 Å². The summed E-state index contributed by atoms with van der Waals surface area (Å²) in [5.41, 5.74) is 8.15. The van der Waals surface area contributed by atoms with Crippen LogP contribution in [0, 0.1) is 5.41 Å². The van der Waals surface area contributed by atoms with Crippen LogP contribution >= 0.6 is 0 Å². The monoisotopic (exact) mass is 521 g/mol. The van der Waals surface area contributed by atoms with Gasteiger partial charge < -0.3 is 25.3 Å². The maximum Gasteiger partial charge on any atom is 0.318 e. The van der Waals surface area contributed by atoms with Gasteiger partial charge in [0, 0.05) is 44.1 Å². The fourth-order valence-electron chi connectivity index (χ4n) is 4.99. The number of nitrogens with one attached hydrogen (secondary N) is 1. The second-order valence-corrected chi connectivity index (χ2v) is 11.1. The number of urea groups is 1. The Morgan fingerprint density at radius 2 is 1.76 bits per heavy atom. The first kappa shape index (κ1) is 27.8. The molecule has 2 aromatic carbocycles. The smallest absolute Gasteiger partial charge is 0.318 e. The van der Waals surface area contributed by atoms with E-state index in [1.54, 1.807) is 4.90 Å². The van der Waals surface area contributed by atoms with Crippen LogP contribution in [-0.4, -0.2) is 59.0 Å². The summed E-state index contributed by atoms with van der Waals surface area (Å²) in [6.45, 7) is 7.68. The van der Waals surface area contributed by atoms with E-state index in [0.29, 0.717) is 25.6 Å². The number of amides is 2. The van der Waals surface area contributed by atoms with Crippen molar-refractivity contribution in [2.75, 3.05) is 26.3 Å². The summed E-state index contributed by atoms with van der Waals surface area (Å²) in [5, 5.41) is 3.14. The van der Waals surface area contributed by atoms with Crippen LogP contribution in [0.25, 0.3) is 11.3 Å². The van der Waals surface area contributed by atoms with Crippen molar-refractivity contribution < 1.29 is 13.9 Å². The molecule has 3 N–H and O–H groups in total. The summed E-state index contributed by atoms with van der Waals surface area (Å²) in [6.07, 6.45) is 2.14. The van der Waals surface area contributed by atoms with Crippen molar-refractivity contribution in [2.45, 2.75) is 58.4 Å². The molecule has 204 valence electrons. The SMILES string of the molecule is CC(C)(C)[C@H](c1nc(-c2ccccc2)cn1Cc1ccccc1)N(C[C@@H](F)CN)C(=O)NC1CCOCC1. The summed E-state index contributed by atoms with van der Waals surface area (Å²) < 4.78 is 22.5. The summed E-state index contributed by atoms with van der Waals surface area (Å²) in [4.78, 5) is 20.5. The quantitative estimate of drug-likeness (QED) is 0.407. The number of nitrogens with zero attached hydrogens (tertiary/aromatic N) is 3. The molecule has 0 radical (unpaired) electrons. The summed E-state index contributed by atoms with van der Waals surface area (Å²) in [5.74, 6) is 0.714. The predicted molar refractivity (Wildman–Crippen MR) is 148 cm³/mol. The molecule has 2 atom stereocenters. The van der Waals surface area contributed by atoms with Crippen molar-refractivity contribution in [3.63, 3.8) is 0 Å². The molecule has 0 unspecified atom stereocenters. The highest BCUT2D eigenvalue weighted by Crippen LogP contribution is 2.39. The van der Waals surface area contributed by atoms with Gasteiger partial charge >= 0.3 is 6.03 Å². The molecule has 0 aliphatic carbocycles. The molecular weight excluding hydrogens is 481 g/mol. The third-order valence-corrected chi connectivity index (χ3v) is 6.91. The number of benzene rings is 2. The first-order valence-electron chi connectivity index (χ1n) is 13.4. The zero-order chi connectivity index (χ0) is 27.1. The number of carbonyl (C=O) groups excluding carboxylic acids is 1. The lowest BCUT2D eigenvalue weighted by atomic mass is 9.84. The zero-order valence-electron chi connectivity index (χ0n) is 22.6. The number of hydrogen-bond acceptors (Lipinski definition) is 4. The fourth-order valence-corrected chi connectivity index (χ4v) is 4.99. The lowest BCUT2D eigenvalue weighted by Crippen LogP contribution is -2.53. The maximum atomic E-state index is 14.9. The van der Waals surface area contributed by atoms with Gasteiger partial charge in [0.15, 0.2) is 0 Å². The van der Waals surface area contributed by atoms with Crippen molar-refractivity contribution in [3.05, 3.63) is 78.2 Å². The number of hydrogen-bond donors (Lipinski definition) is 2. The highest BCUT2D eigenvalue weighted by atomic mass is 19.1. The maximum absolute atomic E-state index is 14.9. The number of ether oxygens (including phenoxy) is 1. The Hall–Kier alpha value is -3.23. The van der Waals surface area contributed by atoms with E-state index in [2.05, 4.69) is 42.8 Å². The van der Waals surface area contributed by atoms with Gasteiger partial charge in [0.2, 0.25) is 0 Å². The molecule has 7 nitrogen and oxygen atoms in total. The summed E-state index contributed by atoms with van der Waals surface area (Å²) >= 11 is 0. The van der Waals surface area contributed by atoms with Crippen molar-refractivity contribution in [1.82, 2.24) is 19.8 Å². The lowest BCUT2D eigenvalue weighted by Gasteiger charge is -2.41. The number of aromatic nitrogens is 2. The van der Waals surface area contributed by atoms with Crippen LogP contribution < -0.4 is 11.1 Å². The molecular formula is C30H40FN5O2. The normalized spacial score (nSPS) is 16.1. The van der Waals surface area contributed by atoms with E-state index in [0.717, 1.165) is 29.7 Å². The number of halogens is 1. The Morgan fingerprint density at radius 3 is 2.37 bits per heavy atom. The van der Waals surface area contributed by atoms with Gasteiger partial charge in [-0.15, -0.1) is 0 Å². The Labute approximate surface area is 225 Å². The molecule has 1 fully saturated rings. The van der Waals surface area contributed by atoms with Crippen LogP contribution in [0.3, 0.4) is 0 Å². The second kappa shape index (κ2) is 12.5. The average molecular weight is 522 g/mol. The number of imidazole rings is 1. The Bertz CT molecular complexity index is 1160. The van der Waals surface area contributed by atoms with Gasteiger partial charge in [-0.05, 0) is 23.8 Å². The number of nitrogens with two attached hydrogens (primary N) is 1. The molecule has 1 saturated heterocycles. The average Bonchev–Trinajstić information content (AvgIpc) is 3.32.